The highest BCUT2D eigenvalue weighted by Gasteiger charge is 2.17. The Labute approximate surface area is 96.7 Å². The standard InChI is InChI=1S/C10H11N3O2S/c1-6-8(10(14)15-3)12-9(16-6)7-4-11-5-13(7)2/h4-5H,1-3H3. The molecule has 0 aliphatic rings. The van der Waals surface area contributed by atoms with Crippen molar-refractivity contribution in [2.24, 2.45) is 7.05 Å². The van der Waals surface area contributed by atoms with Crippen LogP contribution in [0.3, 0.4) is 0 Å². The predicted molar refractivity (Wildman–Crippen MR) is 60.4 cm³/mol. The summed E-state index contributed by atoms with van der Waals surface area (Å²) in [6, 6.07) is 0. The van der Waals surface area contributed by atoms with Crippen molar-refractivity contribution in [1.29, 1.82) is 0 Å². The maximum atomic E-state index is 11.4. The molecule has 0 bridgehead atoms. The number of methoxy groups -OCH3 is 1. The zero-order chi connectivity index (χ0) is 11.7. The monoisotopic (exact) mass is 237 g/mol. The molecule has 0 aromatic carbocycles. The number of nitrogens with zero attached hydrogens (tertiary/aromatic N) is 3. The zero-order valence-electron chi connectivity index (χ0n) is 9.22. The fraction of sp³-hybridized carbons (Fsp3) is 0.300. The average Bonchev–Trinajstić information content (AvgIpc) is 2.83. The van der Waals surface area contributed by atoms with Crippen LogP contribution in [0, 0.1) is 6.92 Å². The van der Waals surface area contributed by atoms with Crippen molar-refractivity contribution in [3.05, 3.63) is 23.1 Å². The minimum absolute atomic E-state index is 0.378. The molecule has 0 radical (unpaired) electrons. The lowest BCUT2D eigenvalue weighted by molar-refractivity contribution is 0.0594. The van der Waals surface area contributed by atoms with E-state index in [-0.39, 0.29) is 0 Å². The first kappa shape index (κ1) is 10.8. The Kier molecular flexibility index (Phi) is 2.74. The molecule has 16 heavy (non-hydrogen) atoms. The molecular weight excluding hydrogens is 226 g/mol. The number of aryl methyl sites for hydroxylation is 2. The van der Waals surface area contributed by atoms with Crippen LogP contribution in [-0.2, 0) is 11.8 Å². The third-order valence-electron chi connectivity index (χ3n) is 2.21. The average molecular weight is 237 g/mol. The van der Waals surface area contributed by atoms with Crippen LogP contribution in [0.15, 0.2) is 12.5 Å². The Bertz CT molecular complexity index is 530. The predicted octanol–water partition coefficient (Wildman–Crippen LogP) is 1.64. The first-order valence-corrected chi connectivity index (χ1v) is 5.47. The lowest BCUT2D eigenvalue weighted by atomic mass is 10.4. The van der Waals surface area contributed by atoms with Gasteiger partial charge in [-0.1, -0.05) is 0 Å². The van der Waals surface area contributed by atoms with Gasteiger partial charge in [0.1, 0.15) is 5.01 Å². The van der Waals surface area contributed by atoms with E-state index in [1.165, 1.54) is 18.4 Å². The van der Waals surface area contributed by atoms with Gasteiger partial charge in [0.2, 0.25) is 0 Å². The number of imidazole rings is 1. The van der Waals surface area contributed by atoms with Crippen molar-refractivity contribution in [3.8, 4) is 10.7 Å². The first-order chi connectivity index (χ1) is 7.63. The summed E-state index contributed by atoms with van der Waals surface area (Å²) in [6.07, 6.45) is 3.42. The molecule has 2 heterocycles. The second kappa shape index (κ2) is 4.05. The van der Waals surface area contributed by atoms with Gasteiger partial charge in [0.15, 0.2) is 5.69 Å². The number of ether oxygens (including phenoxy) is 1. The van der Waals surface area contributed by atoms with E-state index in [2.05, 4.69) is 14.7 Å². The molecule has 0 fully saturated rings. The van der Waals surface area contributed by atoms with Crippen LogP contribution >= 0.6 is 11.3 Å². The molecule has 0 N–H and O–H groups in total. The molecular formula is C10H11N3O2S. The highest BCUT2D eigenvalue weighted by molar-refractivity contribution is 7.15. The third kappa shape index (κ3) is 1.71. The smallest absolute Gasteiger partial charge is 0.357 e. The molecule has 0 unspecified atom stereocenters. The summed E-state index contributed by atoms with van der Waals surface area (Å²) in [6.45, 7) is 1.85. The van der Waals surface area contributed by atoms with Gasteiger partial charge in [-0.3, -0.25) is 0 Å². The van der Waals surface area contributed by atoms with Crippen molar-refractivity contribution >= 4 is 17.3 Å². The molecule has 2 aromatic rings. The van der Waals surface area contributed by atoms with Crippen molar-refractivity contribution in [3.63, 3.8) is 0 Å². The second-order valence-electron chi connectivity index (χ2n) is 3.31. The van der Waals surface area contributed by atoms with Crippen molar-refractivity contribution < 1.29 is 9.53 Å². The molecule has 0 aliphatic carbocycles. The summed E-state index contributed by atoms with van der Waals surface area (Å²) < 4.78 is 6.52. The fourth-order valence-electron chi connectivity index (χ4n) is 1.36. The van der Waals surface area contributed by atoms with E-state index in [0.29, 0.717) is 5.69 Å². The Morgan fingerprint density at radius 2 is 2.31 bits per heavy atom. The molecule has 0 saturated heterocycles. The Morgan fingerprint density at radius 3 is 2.88 bits per heavy atom. The van der Waals surface area contributed by atoms with E-state index in [1.807, 2.05) is 18.5 Å². The van der Waals surface area contributed by atoms with Crippen LogP contribution in [0.5, 0.6) is 0 Å². The highest BCUT2D eigenvalue weighted by atomic mass is 32.1. The lowest BCUT2D eigenvalue weighted by Crippen LogP contribution is -2.03. The number of carbonyl (C=O) groups is 1. The summed E-state index contributed by atoms with van der Waals surface area (Å²) in [5.74, 6) is -0.401. The quantitative estimate of drug-likeness (QED) is 0.745. The number of carbonyl (C=O) groups excluding carboxylic acids is 1. The number of hydrogen-bond donors (Lipinski definition) is 0. The van der Waals surface area contributed by atoms with Gasteiger partial charge in [0, 0.05) is 11.9 Å². The summed E-state index contributed by atoms with van der Waals surface area (Å²) in [5, 5.41) is 0.776. The molecule has 0 amide bonds. The molecule has 6 heteroatoms. The molecule has 84 valence electrons. The fourth-order valence-corrected chi connectivity index (χ4v) is 2.31. The molecule has 5 nitrogen and oxygen atoms in total. The normalized spacial score (nSPS) is 10.4. The largest absolute Gasteiger partial charge is 0.464 e. The molecule has 0 aliphatic heterocycles. The Morgan fingerprint density at radius 1 is 1.56 bits per heavy atom. The Balaban J connectivity index is 2.46. The van der Waals surface area contributed by atoms with Gasteiger partial charge < -0.3 is 9.30 Å². The summed E-state index contributed by atoms with van der Waals surface area (Å²) in [7, 11) is 3.24. The SMILES string of the molecule is COC(=O)c1nc(-c2cncn2C)sc1C. The van der Waals surface area contributed by atoms with E-state index >= 15 is 0 Å². The topological polar surface area (TPSA) is 57.0 Å². The molecule has 2 rings (SSSR count). The maximum Gasteiger partial charge on any atom is 0.357 e. The van der Waals surface area contributed by atoms with E-state index in [4.69, 9.17) is 0 Å². The first-order valence-electron chi connectivity index (χ1n) is 4.66. The summed E-state index contributed by atoms with van der Waals surface area (Å²) >= 11 is 1.46. The molecule has 0 atom stereocenters. The lowest BCUT2D eigenvalue weighted by Gasteiger charge is -1.95. The van der Waals surface area contributed by atoms with Gasteiger partial charge in [-0.25, -0.2) is 14.8 Å². The minimum atomic E-state index is -0.401. The highest BCUT2D eigenvalue weighted by Crippen LogP contribution is 2.27. The van der Waals surface area contributed by atoms with E-state index in [0.717, 1.165) is 15.6 Å². The van der Waals surface area contributed by atoms with Gasteiger partial charge in [-0.2, -0.15) is 0 Å². The Hall–Kier alpha value is -1.69. The van der Waals surface area contributed by atoms with E-state index < -0.39 is 5.97 Å². The summed E-state index contributed by atoms with van der Waals surface area (Å²) in [5.41, 5.74) is 1.27. The van der Waals surface area contributed by atoms with E-state index in [9.17, 15) is 4.79 Å². The second-order valence-corrected chi connectivity index (χ2v) is 4.51. The summed E-state index contributed by atoms with van der Waals surface area (Å²) in [4.78, 5) is 20.5. The third-order valence-corrected chi connectivity index (χ3v) is 3.20. The van der Waals surface area contributed by atoms with Gasteiger partial charge in [-0.15, -0.1) is 11.3 Å². The minimum Gasteiger partial charge on any atom is -0.464 e. The van der Waals surface area contributed by atoms with E-state index in [1.54, 1.807) is 12.5 Å². The van der Waals surface area contributed by atoms with Crippen molar-refractivity contribution in [2.75, 3.05) is 7.11 Å². The van der Waals surface area contributed by atoms with Gasteiger partial charge >= 0.3 is 5.97 Å². The number of aromatic nitrogens is 3. The molecule has 2 aromatic heterocycles. The van der Waals surface area contributed by atoms with Gasteiger partial charge in [0.25, 0.3) is 0 Å². The van der Waals surface area contributed by atoms with Crippen LogP contribution in [0.4, 0.5) is 0 Å². The van der Waals surface area contributed by atoms with Crippen LogP contribution in [0.25, 0.3) is 10.7 Å². The number of esters is 1. The van der Waals surface area contributed by atoms with Crippen LogP contribution in [-0.4, -0.2) is 27.6 Å². The molecule has 0 spiro atoms. The van der Waals surface area contributed by atoms with Crippen molar-refractivity contribution in [1.82, 2.24) is 14.5 Å². The molecule has 0 saturated carbocycles. The maximum absolute atomic E-state index is 11.4. The van der Waals surface area contributed by atoms with Crippen LogP contribution < -0.4 is 0 Å². The van der Waals surface area contributed by atoms with Crippen molar-refractivity contribution in [2.45, 2.75) is 6.92 Å². The van der Waals surface area contributed by atoms with Crippen LogP contribution in [0.1, 0.15) is 15.4 Å². The van der Waals surface area contributed by atoms with Gasteiger partial charge in [-0.05, 0) is 6.92 Å². The zero-order valence-corrected chi connectivity index (χ0v) is 10.0. The number of hydrogen-bond acceptors (Lipinski definition) is 5. The number of rotatable bonds is 2. The van der Waals surface area contributed by atoms with Gasteiger partial charge in [0.05, 0.1) is 25.3 Å². The van der Waals surface area contributed by atoms with Crippen LogP contribution in [0.2, 0.25) is 0 Å². The number of thiazole rings is 1.